The van der Waals surface area contributed by atoms with E-state index in [0.29, 0.717) is 11.5 Å². The lowest BCUT2D eigenvalue weighted by Gasteiger charge is -2.32. The van der Waals surface area contributed by atoms with Gasteiger partial charge in [0.1, 0.15) is 5.82 Å². The number of hydrogen-bond donors (Lipinski definition) is 0. The summed E-state index contributed by atoms with van der Waals surface area (Å²) in [7, 11) is 0. The first-order valence-electron chi connectivity index (χ1n) is 10.7. The van der Waals surface area contributed by atoms with Gasteiger partial charge in [-0.05, 0) is 72.9 Å². The second kappa shape index (κ2) is 10.0. The minimum absolute atomic E-state index is 0.270. The fraction of sp³-hybridized carbons (Fsp3) is 0.462. The first-order chi connectivity index (χ1) is 14.0. The summed E-state index contributed by atoms with van der Waals surface area (Å²) in [6, 6.07) is 8.60. The fourth-order valence-corrected chi connectivity index (χ4v) is 4.49. The average molecular weight is 399 g/mol. The molecule has 3 rings (SSSR count). The van der Waals surface area contributed by atoms with Crippen molar-refractivity contribution in [2.24, 2.45) is 17.8 Å². The molecule has 2 aromatic rings. The maximum absolute atomic E-state index is 14.5. The number of halogens is 3. The smallest absolute Gasteiger partial charge is 0.160 e. The summed E-state index contributed by atoms with van der Waals surface area (Å²) in [5, 5.41) is 0. The van der Waals surface area contributed by atoms with Gasteiger partial charge in [-0.2, -0.15) is 0 Å². The van der Waals surface area contributed by atoms with Gasteiger partial charge in [-0.15, -0.1) is 0 Å². The molecule has 0 saturated heterocycles. The third-order valence-corrected chi connectivity index (χ3v) is 6.25. The molecule has 0 aliphatic heterocycles. The Morgan fingerprint density at radius 1 is 0.897 bits per heavy atom. The molecule has 1 saturated carbocycles. The summed E-state index contributed by atoms with van der Waals surface area (Å²) >= 11 is 0. The standard InChI is InChI=1S/C26H29F3/c1-3-4-19-5-10-22(11-6-19)18(2)15-21-8-13-23(25(28)17-21)12-7-20-9-14-24(27)26(29)16-20/h8-9,13-14,16-19,22H,3-6,10-11,15H2,1-2H3. The summed E-state index contributed by atoms with van der Waals surface area (Å²) in [6.45, 7) is 4.54. The Morgan fingerprint density at radius 3 is 2.31 bits per heavy atom. The van der Waals surface area contributed by atoms with Gasteiger partial charge in [0.15, 0.2) is 11.6 Å². The molecule has 0 nitrogen and oxygen atoms in total. The van der Waals surface area contributed by atoms with Crippen LogP contribution in [-0.2, 0) is 6.42 Å². The molecule has 0 spiro atoms. The Morgan fingerprint density at radius 2 is 1.66 bits per heavy atom. The first kappa shape index (κ1) is 21.5. The molecule has 1 aliphatic carbocycles. The zero-order chi connectivity index (χ0) is 20.8. The van der Waals surface area contributed by atoms with E-state index in [2.05, 4.69) is 25.7 Å². The molecule has 0 amide bonds. The van der Waals surface area contributed by atoms with Gasteiger partial charge in [0.05, 0.1) is 5.56 Å². The van der Waals surface area contributed by atoms with Crippen LogP contribution in [0.15, 0.2) is 36.4 Å². The minimum atomic E-state index is -0.953. The molecule has 154 valence electrons. The van der Waals surface area contributed by atoms with Crippen molar-refractivity contribution < 1.29 is 13.2 Å². The van der Waals surface area contributed by atoms with Crippen molar-refractivity contribution in [1.29, 1.82) is 0 Å². The second-order valence-corrected chi connectivity index (χ2v) is 8.44. The number of benzene rings is 2. The van der Waals surface area contributed by atoms with Crippen LogP contribution in [0.5, 0.6) is 0 Å². The van der Waals surface area contributed by atoms with Gasteiger partial charge >= 0.3 is 0 Å². The van der Waals surface area contributed by atoms with E-state index in [9.17, 15) is 13.2 Å². The van der Waals surface area contributed by atoms with Crippen molar-refractivity contribution in [1.82, 2.24) is 0 Å². The lowest BCUT2D eigenvalue weighted by atomic mass is 9.74. The van der Waals surface area contributed by atoms with E-state index in [-0.39, 0.29) is 11.4 Å². The third kappa shape index (κ3) is 5.89. The van der Waals surface area contributed by atoms with Crippen LogP contribution >= 0.6 is 0 Å². The summed E-state index contributed by atoms with van der Waals surface area (Å²) in [6.07, 6.45) is 8.72. The van der Waals surface area contributed by atoms with Gasteiger partial charge in [0, 0.05) is 5.56 Å². The molecule has 29 heavy (non-hydrogen) atoms. The molecule has 3 heteroatoms. The highest BCUT2D eigenvalue weighted by molar-refractivity contribution is 5.44. The van der Waals surface area contributed by atoms with Crippen LogP contribution in [0.25, 0.3) is 0 Å². The molecular weight excluding hydrogens is 369 g/mol. The minimum Gasteiger partial charge on any atom is -0.206 e. The summed E-state index contributed by atoms with van der Waals surface area (Å²) in [4.78, 5) is 0. The highest BCUT2D eigenvalue weighted by Gasteiger charge is 2.25. The van der Waals surface area contributed by atoms with Crippen LogP contribution in [0.4, 0.5) is 13.2 Å². The van der Waals surface area contributed by atoms with Gasteiger partial charge in [-0.1, -0.05) is 57.4 Å². The van der Waals surface area contributed by atoms with E-state index in [1.165, 1.54) is 44.6 Å². The molecule has 0 N–H and O–H groups in total. The SMILES string of the molecule is CCCC1CCC(C(C)Cc2ccc(C#Cc3ccc(F)c(F)c3)c(F)c2)CC1. The average Bonchev–Trinajstić information content (AvgIpc) is 2.70. The maximum Gasteiger partial charge on any atom is 0.160 e. The van der Waals surface area contributed by atoms with E-state index in [1.54, 1.807) is 12.1 Å². The van der Waals surface area contributed by atoms with Gasteiger partial charge < -0.3 is 0 Å². The first-order valence-corrected chi connectivity index (χ1v) is 10.7. The fourth-order valence-electron chi connectivity index (χ4n) is 4.49. The summed E-state index contributed by atoms with van der Waals surface area (Å²) < 4.78 is 40.7. The van der Waals surface area contributed by atoms with Gasteiger partial charge in [-0.25, -0.2) is 13.2 Å². The zero-order valence-corrected chi connectivity index (χ0v) is 17.3. The largest absolute Gasteiger partial charge is 0.206 e. The van der Waals surface area contributed by atoms with E-state index in [0.717, 1.165) is 36.0 Å². The Bertz CT molecular complexity index is 883. The Hall–Kier alpha value is -2.21. The second-order valence-electron chi connectivity index (χ2n) is 8.44. The maximum atomic E-state index is 14.5. The lowest BCUT2D eigenvalue weighted by Crippen LogP contribution is -2.21. The van der Waals surface area contributed by atoms with E-state index >= 15 is 0 Å². The topological polar surface area (TPSA) is 0 Å². The van der Waals surface area contributed by atoms with Crippen LogP contribution in [0.3, 0.4) is 0 Å². The van der Waals surface area contributed by atoms with Crippen LogP contribution < -0.4 is 0 Å². The number of hydrogen-bond acceptors (Lipinski definition) is 0. The highest BCUT2D eigenvalue weighted by Crippen LogP contribution is 2.36. The molecule has 1 atom stereocenters. The Balaban J connectivity index is 1.61. The van der Waals surface area contributed by atoms with Gasteiger partial charge in [0.2, 0.25) is 0 Å². The molecule has 2 aromatic carbocycles. The highest BCUT2D eigenvalue weighted by atomic mass is 19.2. The van der Waals surface area contributed by atoms with Crippen LogP contribution in [0.1, 0.15) is 69.1 Å². The molecule has 0 aromatic heterocycles. The van der Waals surface area contributed by atoms with E-state index in [4.69, 9.17) is 0 Å². The molecule has 1 unspecified atom stereocenters. The predicted octanol–water partition coefficient (Wildman–Crippen LogP) is 7.29. The molecule has 0 heterocycles. The zero-order valence-electron chi connectivity index (χ0n) is 17.3. The normalized spacial score (nSPS) is 20.0. The van der Waals surface area contributed by atoms with Crippen molar-refractivity contribution in [3.63, 3.8) is 0 Å². The Labute approximate surface area is 172 Å². The van der Waals surface area contributed by atoms with Crippen molar-refractivity contribution in [2.45, 2.75) is 58.8 Å². The Kier molecular flexibility index (Phi) is 7.42. The predicted molar refractivity (Wildman–Crippen MR) is 112 cm³/mol. The van der Waals surface area contributed by atoms with E-state index < -0.39 is 11.6 Å². The number of rotatable bonds is 5. The van der Waals surface area contributed by atoms with Gasteiger partial charge in [0.25, 0.3) is 0 Å². The quantitative estimate of drug-likeness (QED) is 0.464. The lowest BCUT2D eigenvalue weighted by molar-refractivity contribution is 0.206. The van der Waals surface area contributed by atoms with Crippen molar-refractivity contribution in [3.8, 4) is 11.8 Å². The van der Waals surface area contributed by atoms with Crippen molar-refractivity contribution in [3.05, 3.63) is 70.5 Å². The molecule has 1 fully saturated rings. The molecule has 1 aliphatic rings. The third-order valence-electron chi connectivity index (χ3n) is 6.25. The molecule has 0 radical (unpaired) electrons. The van der Waals surface area contributed by atoms with Crippen LogP contribution in [0.2, 0.25) is 0 Å². The molecular formula is C26H29F3. The van der Waals surface area contributed by atoms with E-state index in [1.807, 2.05) is 6.07 Å². The molecule has 0 bridgehead atoms. The summed E-state index contributed by atoms with van der Waals surface area (Å²) in [5.41, 5.74) is 1.58. The van der Waals surface area contributed by atoms with Crippen LogP contribution in [0, 0.1) is 47.0 Å². The van der Waals surface area contributed by atoms with Gasteiger partial charge in [-0.3, -0.25) is 0 Å². The summed E-state index contributed by atoms with van der Waals surface area (Å²) in [5.74, 6) is 5.34. The van der Waals surface area contributed by atoms with Crippen molar-refractivity contribution in [2.75, 3.05) is 0 Å². The van der Waals surface area contributed by atoms with Crippen LogP contribution in [-0.4, -0.2) is 0 Å². The monoisotopic (exact) mass is 398 g/mol. The van der Waals surface area contributed by atoms with Crippen molar-refractivity contribution >= 4 is 0 Å².